The maximum Gasteiger partial charge on any atom is 0.274 e. The highest BCUT2D eigenvalue weighted by atomic mass is 35.5. The van der Waals surface area contributed by atoms with Crippen molar-refractivity contribution in [3.8, 4) is 22.5 Å². The van der Waals surface area contributed by atoms with E-state index in [1.54, 1.807) is 12.3 Å². The van der Waals surface area contributed by atoms with Gasteiger partial charge >= 0.3 is 0 Å². The molecular formula is C41H59ClN8O4Si2. The van der Waals surface area contributed by atoms with Gasteiger partial charge in [0.1, 0.15) is 5.15 Å². The molecule has 0 radical (unpaired) electrons. The van der Waals surface area contributed by atoms with Gasteiger partial charge in [-0.15, -0.1) is 0 Å². The molecule has 0 aliphatic heterocycles. The highest BCUT2D eigenvalue weighted by Crippen LogP contribution is 2.44. The Morgan fingerprint density at radius 1 is 0.571 bits per heavy atom. The van der Waals surface area contributed by atoms with Gasteiger partial charge in [0.2, 0.25) is 0 Å². The van der Waals surface area contributed by atoms with E-state index < -0.39 is 21.4 Å². The Hall–Kier alpha value is -4.67. The molecule has 0 atom stereocenters. The molecule has 0 unspecified atom stereocenters. The molecule has 0 saturated carbocycles. The topological polar surface area (TPSA) is 161 Å². The zero-order valence-corrected chi connectivity index (χ0v) is 37.6. The number of nitro groups is 2. The second-order valence-electron chi connectivity index (χ2n) is 16.0. The number of nitrogen functional groups attached to an aromatic ring is 1. The van der Waals surface area contributed by atoms with Gasteiger partial charge in [-0.1, -0.05) is 94.7 Å². The average molecular weight is 820 g/mol. The molecule has 5 rings (SSSR count). The normalized spacial score (nSPS) is 11.9. The number of anilines is 1. The molecule has 302 valence electrons. The standard InChI is InChI=1S/C18H27N3O2Si.C18H29N3Si.C5H3ClN2O2/c1-13(2)24(14(3)4,15(5)6)20-10-8-16(12-20)18-11-17(21(22)23)7-9-19-18;1-13(2)22(14(3)4,15(5)6)21-10-8-16(12-21)18-11-17(19)7-9-20-18;6-5-3-4(8(9)10)1-2-7-5/h7-15H,1-6H3;7-15H,1-6H3,(H2,19,20);1-3H. The minimum atomic E-state index is -1.80. The van der Waals surface area contributed by atoms with Crippen molar-refractivity contribution in [2.45, 2.75) is 116 Å². The molecule has 5 heterocycles. The largest absolute Gasteiger partial charge is 0.399 e. The number of nitrogens with zero attached hydrogens (tertiary/aromatic N) is 7. The summed E-state index contributed by atoms with van der Waals surface area (Å²) in [6.07, 6.45) is 13.4. The fourth-order valence-corrected chi connectivity index (χ4v) is 22.3. The monoisotopic (exact) mass is 818 g/mol. The lowest BCUT2D eigenvalue weighted by molar-refractivity contribution is -0.385. The molecule has 2 N–H and O–H groups in total. The van der Waals surface area contributed by atoms with Crippen molar-refractivity contribution in [1.29, 1.82) is 0 Å². The summed E-state index contributed by atoms with van der Waals surface area (Å²) in [5.74, 6) is 0. The van der Waals surface area contributed by atoms with Crippen LogP contribution >= 0.6 is 11.6 Å². The van der Waals surface area contributed by atoms with Crippen molar-refractivity contribution in [1.82, 2.24) is 23.4 Å². The van der Waals surface area contributed by atoms with Crippen LogP contribution in [0.2, 0.25) is 38.4 Å². The van der Waals surface area contributed by atoms with Gasteiger partial charge in [-0.2, -0.15) is 0 Å². The highest BCUT2D eigenvalue weighted by molar-refractivity contribution is 6.82. The summed E-state index contributed by atoms with van der Waals surface area (Å²) in [7, 11) is -3.47. The van der Waals surface area contributed by atoms with E-state index in [1.807, 2.05) is 18.2 Å². The van der Waals surface area contributed by atoms with E-state index in [9.17, 15) is 20.2 Å². The number of rotatable bonds is 12. The summed E-state index contributed by atoms with van der Waals surface area (Å²) in [6, 6.07) is 13.4. The second-order valence-corrected chi connectivity index (χ2v) is 27.9. The lowest BCUT2D eigenvalue weighted by Gasteiger charge is -2.44. The zero-order valence-electron chi connectivity index (χ0n) is 34.8. The first-order valence-electron chi connectivity index (χ1n) is 19.2. The van der Waals surface area contributed by atoms with Crippen LogP contribution in [0.3, 0.4) is 0 Å². The number of hydrogen-bond donors (Lipinski definition) is 1. The summed E-state index contributed by atoms with van der Waals surface area (Å²) in [4.78, 5) is 32.5. The van der Waals surface area contributed by atoms with Crippen LogP contribution in [0.15, 0.2) is 91.9 Å². The molecule has 5 aromatic rings. The highest BCUT2D eigenvalue weighted by Gasteiger charge is 2.46. The number of halogens is 1. The molecule has 0 spiro atoms. The van der Waals surface area contributed by atoms with Crippen LogP contribution in [0.25, 0.3) is 22.5 Å². The third-order valence-corrected chi connectivity index (χ3v) is 24.7. The van der Waals surface area contributed by atoms with Crippen molar-refractivity contribution in [2.24, 2.45) is 0 Å². The third-order valence-electron chi connectivity index (χ3n) is 11.1. The SMILES string of the molecule is CC(C)[Si](C(C)C)(C(C)C)n1ccc(-c2cc(N)ccn2)c1.CC(C)[Si](C(C)C)(C(C)C)n1ccc(-c2cc([N+](=O)[O-])ccn2)c1.O=[N+]([O-])c1ccnc(Cl)c1. The molecule has 0 bridgehead atoms. The first kappa shape index (κ1) is 45.7. The Balaban J connectivity index is 0.000000243. The molecule has 0 saturated heterocycles. The first-order chi connectivity index (χ1) is 26.2. The lowest BCUT2D eigenvalue weighted by atomic mass is 10.2. The molecule has 0 aromatic carbocycles. The number of hydrogen-bond acceptors (Lipinski definition) is 8. The van der Waals surface area contributed by atoms with Crippen molar-refractivity contribution in [3.63, 3.8) is 0 Å². The van der Waals surface area contributed by atoms with Crippen LogP contribution in [-0.2, 0) is 0 Å². The molecular weight excluding hydrogens is 760 g/mol. The summed E-state index contributed by atoms with van der Waals surface area (Å²) >= 11 is 5.37. The average Bonchev–Trinajstić information content (AvgIpc) is 3.80. The van der Waals surface area contributed by atoms with Gasteiger partial charge in [0.05, 0.1) is 27.3 Å². The van der Waals surface area contributed by atoms with Crippen LogP contribution < -0.4 is 5.73 Å². The maximum atomic E-state index is 11.0. The Morgan fingerprint density at radius 2 is 0.929 bits per heavy atom. The molecule has 15 heteroatoms. The zero-order chi connectivity index (χ0) is 42.1. The van der Waals surface area contributed by atoms with Gasteiger partial charge in [-0.3, -0.25) is 30.2 Å². The van der Waals surface area contributed by atoms with Gasteiger partial charge in [0.15, 0.2) is 16.5 Å². The Labute approximate surface area is 339 Å². The van der Waals surface area contributed by atoms with Crippen molar-refractivity contribution in [2.75, 3.05) is 5.73 Å². The number of nitrogens with two attached hydrogens (primary N) is 1. The summed E-state index contributed by atoms with van der Waals surface area (Å²) in [5.41, 5.74) is 14.2. The smallest absolute Gasteiger partial charge is 0.274 e. The Morgan fingerprint density at radius 3 is 1.27 bits per heavy atom. The predicted octanol–water partition coefficient (Wildman–Crippen LogP) is 12.3. The van der Waals surface area contributed by atoms with Crippen LogP contribution in [0.5, 0.6) is 0 Å². The maximum absolute atomic E-state index is 11.0. The van der Waals surface area contributed by atoms with Gasteiger partial charge in [-0.05, 0) is 69.9 Å². The molecule has 12 nitrogen and oxygen atoms in total. The fourth-order valence-electron chi connectivity index (χ4n) is 9.17. The molecule has 56 heavy (non-hydrogen) atoms. The van der Waals surface area contributed by atoms with Crippen LogP contribution in [0.1, 0.15) is 83.1 Å². The van der Waals surface area contributed by atoms with Gasteiger partial charge in [-0.25, -0.2) is 4.98 Å². The second kappa shape index (κ2) is 19.5. The van der Waals surface area contributed by atoms with Crippen LogP contribution in [0.4, 0.5) is 17.1 Å². The van der Waals surface area contributed by atoms with E-state index in [2.05, 4.69) is 137 Å². The van der Waals surface area contributed by atoms with E-state index >= 15 is 0 Å². The summed E-state index contributed by atoms with van der Waals surface area (Å²) in [6.45, 7) is 28.2. The molecule has 0 aliphatic carbocycles. The third kappa shape index (κ3) is 10.0. The van der Waals surface area contributed by atoms with Crippen molar-refractivity contribution in [3.05, 3.63) is 117 Å². The molecule has 0 amide bonds. The quantitative estimate of drug-likeness (QED) is 0.0563. The van der Waals surface area contributed by atoms with E-state index in [4.69, 9.17) is 17.3 Å². The minimum Gasteiger partial charge on any atom is -0.399 e. The fraction of sp³-hybridized carbons (Fsp3) is 0.439. The number of pyridine rings is 3. The molecule has 5 aromatic heterocycles. The van der Waals surface area contributed by atoms with Gasteiger partial charge in [0.25, 0.3) is 11.4 Å². The Kier molecular flexibility index (Phi) is 15.9. The van der Waals surface area contributed by atoms with Crippen molar-refractivity contribution >= 4 is 45.1 Å². The minimum absolute atomic E-state index is 0.0417. The van der Waals surface area contributed by atoms with Crippen molar-refractivity contribution < 1.29 is 9.85 Å². The van der Waals surface area contributed by atoms with E-state index in [-0.39, 0.29) is 21.5 Å². The van der Waals surface area contributed by atoms with Crippen LogP contribution in [0, 0.1) is 20.2 Å². The van der Waals surface area contributed by atoms with E-state index in [1.165, 1.54) is 30.6 Å². The Bertz CT molecular complexity index is 2020. The van der Waals surface area contributed by atoms with E-state index in [0.717, 1.165) is 22.5 Å². The predicted molar refractivity (Wildman–Crippen MR) is 235 cm³/mol. The summed E-state index contributed by atoms with van der Waals surface area (Å²) in [5, 5.41) is 21.2. The first-order valence-corrected chi connectivity index (χ1v) is 23.9. The van der Waals surface area contributed by atoms with Gasteiger partial charge < -0.3 is 14.2 Å². The lowest BCUT2D eigenvalue weighted by Crippen LogP contribution is -2.51. The number of aromatic nitrogens is 5. The molecule has 0 aliphatic rings. The van der Waals surface area contributed by atoms with Crippen LogP contribution in [-0.4, -0.2) is 49.7 Å². The molecule has 0 fully saturated rings. The van der Waals surface area contributed by atoms with E-state index in [0.29, 0.717) is 38.9 Å². The van der Waals surface area contributed by atoms with Gasteiger partial charge in [0, 0.05) is 66.0 Å². The summed E-state index contributed by atoms with van der Waals surface area (Å²) < 4.78 is 4.95.